The van der Waals surface area contributed by atoms with Crippen molar-refractivity contribution in [2.75, 3.05) is 14.2 Å². The fourth-order valence-electron chi connectivity index (χ4n) is 4.91. The number of aryl methyl sites for hydroxylation is 1. The van der Waals surface area contributed by atoms with Crippen LogP contribution in [0.1, 0.15) is 74.3 Å². The number of pyridine rings is 1. The Morgan fingerprint density at radius 2 is 1.72 bits per heavy atom. The smallest absolute Gasteiger partial charge is 0.326 e. The van der Waals surface area contributed by atoms with Gasteiger partial charge < -0.3 is 30.1 Å². The van der Waals surface area contributed by atoms with Crippen LogP contribution >= 0.6 is 0 Å². The van der Waals surface area contributed by atoms with Crippen LogP contribution in [-0.4, -0.2) is 52.4 Å². The van der Waals surface area contributed by atoms with Crippen molar-refractivity contribution in [2.45, 2.75) is 70.8 Å². The number of methoxy groups -OCH3 is 2. The van der Waals surface area contributed by atoms with E-state index in [1.807, 2.05) is 6.92 Å². The van der Waals surface area contributed by atoms with Gasteiger partial charge in [-0.25, -0.2) is 9.78 Å². The summed E-state index contributed by atoms with van der Waals surface area (Å²) < 4.78 is 11.0. The van der Waals surface area contributed by atoms with Gasteiger partial charge in [0, 0.05) is 0 Å². The first-order valence-corrected chi connectivity index (χ1v) is 12.5. The highest BCUT2D eigenvalue weighted by Crippen LogP contribution is 2.47. The molecule has 1 saturated carbocycles. The summed E-state index contributed by atoms with van der Waals surface area (Å²) >= 11 is 0. The van der Waals surface area contributed by atoms with Gasteiger partial charge in [0.25, 0.3) is 5.91 Å². The van der Waals surface area contributed by atoms with Crippen LogP contribution in [0.2, 0.25) is 0 Å². The topological polar surface area (TPSA) is 138 Å². The van der Waals surface area contributed by atoms with Gasteiger partial charge in [-0.2, -0.15) is 0 Å². The molecule has 1 aromatic heterocycles. The summed E-state index contributed by atoms with van der Waals surface area (Å²) in [6, 6.07) is 3.97. The second-order valence-electron chi connectivity index (χ2n) is 9.23. The minimum absolute atomic E-state index is 0.199. The number of carbonyl (C=O) groups excluding carboxylic acids is 1. The lowest BCUT2D eigenvalue weighted by molar-refractivity contribution is -0.139. The number of ether oxygens (including phenoxy) is 2. The van der Waals surface area contributed by atoms with Gasteiger partial charge in [-0.1, -0.05) is 51.5 Å². The molecule has 9 nitrogen and oxygen atoms in total. The van der Waals surface area contributed by atoms with Crippen molar-refractivity contribution in [2.24, 2.45) is 5.92 Å². The molecule has 1 aromatic carbocycles. The van der Waals surface area contributed by atoms with E-state index in [4.69, 9.17) is 9.47 Å². The van der Waals surface area contributed by atoms with Crippen molar-refractivity contribution in [3.63, 3.8) is 0 Å². The number of aromatic hydroxyl groups is 2. The zero-order valence-electron chi connectivity index (χ0n) is 21.2. The number of benzene rings is 1. The molecule has 0 saturated heterocycles. The van der Waals surface area contributed by atoms with Gasteiger partial charge in [-0.05, 0) is 37.3 Å². The second kappa shape index (κ2) is 12.5. The Kier molecular flexibility index (Phi) is 9.38. The number of unbranched alkanes of at least 4 members (excludes halogenated alkanes) is 1. The lowest BCUT2D eigenvalue weighted by Gasteiger charge is -2.25. The number of nitrogens with one attached hydrogen (secondary N) is 1. The molecule has 36 heavy (non-hydrogen) atoms. The average Bonchev–Trinajstić information content (AvgIpc) is 2.87. The first-order chi connectivity index (χ1) is 17.3. The Morgan fingerprint density at radius 3 is 2.28 bits per heavy atom. The minimum Gasteiger partial charge on any atom is -0.506 e. The summed E-state index contributed by atoms with van der Waals surface area (Å²) in [6.45, 7) is 2.00. The number of carboxylic acids is 1. The normalized spacial score (nSPS) is 14.8. The number of amides is 1. The number of aliphatic carboxylic acids is 1. The maximum atomic E-state index is 13.3. The lowest BCUT2D eigenvalue weighted by atomic mass is 9.84. The van der Waals surface area contributed by atoms with Crippen LogP contribution in [0.5, 0.6) is 23.1 Å². The molecule has 1 aliphatic carbocycles. The number of carboxylic acid groups (broad SMARTS) is 1. The molecule has 0 spiro atoms. The van der Waals surface area contributed by atoms with Crippen molar-refractivity contribution in [1.82, 2.24) is 10.3 Å². The van der Waals surface area contributed by atoms with Crippen molar-refractivity contribution in [3.8, 4) is 34.3 Å². The van der Waals surface area contributed by atoms with Crippen molar-refractivity contribution in [3.05, 3.63) is 29.5 Å². The molecule has 2 aromatic rings. The fraction of sp³-hybridized carbons (Fsp3) is 0.519. The standard InChI is InChI=1S/C27H36N2O7/c1-4-5-12-17-21(22-19(35-2)13-9-14-20(22)36-3)24(30)23(25(31)28-17)26(32)29-18(27(33)34)15-16-10-7-6-8-11-16/h9,13-14,16,18H,4-8,10-12,15H2,1-3H3,(H,29,32)(H,33,34)(H2,28,30,31). The van der Waals surface area contributed by atoms with Crippen molar-refractivity contribution < 1.29 is 34.4 Å². The molecule has 1 heterocycles. The third-order valence-corrected chi connectivity index (χ3v) is 6.80. The van der Waals surface area contributed by atoms with Gasteiger partial charge in [0.05, 0.1) is 31.0 Å². The van der Waals surface area contributed by atoms with Gasteiger partial charge in [-0.3, -0.25) is 4.79 Å². The summed E-state index contributed by atoms with van der Waals surface area (Å²) in [5.41, 5.74) is 0.501. The van der Waals surface area contributed by atoms with E-state index in [1.165, 1.54) is 14.2 Å². The van der Waals surface area contributed by atoms with Crippen LogP contribution in [0.3, 0.4) is 0 Å². The third kappa shape index (κ3) is 6.01. The van der Waals surface area contributed by atoms with Crippen molar-refractivity contribution in [1.29, 1.82) is 0 Å². The van der Waals surface area contributed by atoms with Crippen molar-refractivity contribution >= 4 is 11.9 Å². The van der Waals surface area contributed by atoms with Crippen LogP contribution in [0.25, 0.3) is 11.1 Å². The number of nitrogens with zero attached hydrogens (tertiary/aromatic N) is 1. The molecule has 0 radical (unpaired) electrons. The molecule has 1 aliphatic rings. The van der Waals surface area contributed by atoms with E-state index in [0.29, 0.717) is 29.2 Å². The van der Waals surface area contributed by atoms with Gasteiger partial charge in [-0.15, -0.1) is 0 Å². The quantitative estimate of drug-likeness (QED) is 0.349. The molecule has 0 aliphatic heterocycles. The predicted molar refractivity (Wildman–Crippen MR) is 135 cm³/mol. The van der Waals surface area contributed by atoms with E-state index in [-0.39, 0.29) is 17.9 Å². The fourth-order valence-corrected chi connectivity index (χ4v) is 4.91. The van der Waals surface area contributed by atoms with E-state index in [2.05, 4.69) is 10.3 Å². The van der Waals surface area contributed by atoms with Crippen LogP contribution in [0.15, 0.2) is 18.2 Å². The Hall–Kier alpha value is -3.49. The van der Waals surface area contributed by atoms with Gasteiger partial charge in [0.15, 0.2) is 0 Å². The van der Waals surface area contributed by atoms with Crippen LogP contribution in [0, 0.1) is 5.92 Å². The Bertz CT molecular complexity index is 1060. The molecule has 196 valence electrons. The summed E-state index contributed by atoms with van der Waals surface area (Å²) in [4.78, 5) is 29.5. The molecule has 1 fully saturated rings. The Labute approximate surface area is 211 Å². The zero-order valence-corrected chi connectivity index (χ0v) is 21.2. The summed E-state index contributed by atoms with van der Waals surface area (Å²) in [6.07, 6.45) is 7.34. The number of aromatic nitrogens is 1. The highest BCUT2D eigenvalue weighted by Gasteiger charge is 2.32. The van der Waals surface area contributed by atoms with E-state index < -0.39 is 35.1 Å². The molecular weight excluding hydrogens is 464 g/mol. The molecular formula is C27H36N2O7. The monoisotopic (exact) mass is 500 g/mol. The Balaban J connectivity index is 2.07. The first-order valence-electron chi connectivity index (χ1n) is 12.5. The molecule has 9 heteroatoms. The van der Waals surface area contributed by atoms with Crippen LogP contribution in [-0.2, 0) is 11.2 Å². The minimum atomic E-state index is -1.16. The lowest BCUT2D eigenvalue weighted by Crippen LogP contribution is -2.42. The highest BCUT2D eigenvalue weighted by atomic mass is 16.5. The maximum absolute atomic E-state index is 13.3. The molecule has 3 rings (SSSR count). The third-order valence-electron chi connectivity index (χ3n) is 6.80. The van der Waals surface area contributed by atoms with E-state index in [9.17, 15) is 24.9 Å². The van der Waals surface area contributed by atoms with E-state index in [1.54, 1.807) is 18.2 Å². The number of carbonyl (C=O) groups is 2. The SMILES string of the molecule is CCCCc1nc(O)c(C(=O)NC(CC2CCCCC2)C(=O)O)c(O)c1-c1c(OC)cccc1OC. The molecule has 1 atom stereocenters. The zero-order chi connectivity index (χ0) is 26.2. The van der Waals surface area contributed by atoms with Gasteiger partial charge in [0.2, 0.25) is 5.88 Å². The number of hydrogen-bond acceptors (Lipinski definition) is 7. The van der Waals surface area contributed by atoms with Crippen LogP contribution in [0.4, 0.5) is 0 Å². The molecule has 1 unspecified atom stereocenters. The average molecular weight is 501 g/mol. The maximum Gasteiger partial charge on any atom is 0.326 e. The molecule has 4 N–H and O–H groups in total. The summed E-state index contributed by atoms with van der Waals surface area (Å²) in [5.74, 6) is -2.25. The second-order valence-corrected chi connectivity index (χ2v) is 9.23. The summed E-state index contributed by atoms with van der Waals surface area (Å²) in [5, 5.41) is 34.3. The van der Waals surface area contributed by atoms with E-state index in [0.717, 1.165) is 44.9 Å². The van der Waals surface area contributed by atoms with Gasteiger partial charge >= 0.3 is 5.97 Å². The summed E-state index contributed by atoms with van der Waals surface area (Å²) in [7, 11) is 2.95. The first kappa shape index (κ1) is 27.1. The molecule has 1 amide bonds. The van der Waals surface area contributed by atoms with E-state index >= 15 is 0 Å². The van der Waals surface area contributed by atoms with Crippen LogP contribution < -0.4 is 14.8 Å². The largest absolute Gasteiger partial charge is 0.506 e. The Morgan fingerprint density at radius 1 is 1.08 bits per heavy atom. The van der Waals surface area contributed by atoms with Gasteiger partial charge in [0.1, 0.15) is 28.9 Å². The number of hydrogen-bond donors (Lipinski definition) is 4. The molecule has 0 bridgehead atoms. The predicted octanol–water partition coefficient (Wildman–Crippen LogP) is 4.67. The highest BCUT2D eigenvalue weighted by molar-refractivity contribution is 6.03. The number of rotatable bonds is 11.